The molecule has 1 heterocycles. The zero-order valence-electron chi connectivity index (χ0n) is 16.1. The number of likely N-dealkylation sites (N-methyl/N-ethyl adjacent to an activating group) is 1. The van der Waals surface area contributed by atoms with E-state index in [1.807, 2.05) is 0 Å². The summed E-state index contributed by atoms with van der Waals surface area (Å²) in [4.78, 5) is 15.3. The Morgan fingerprint density at radius 2 is 1.72 bits per heavy atom. The lowest BCUT2D eigenvalue weighted by atomic mass is 9.92. The number of carbonyl (C=O) groups is 1. The SMILES string of the molecule is CC[NH+](CC(=O)Nc1c(C(C)C)cccc1C(C)C)Cc1cccs1. The van der Waals surface area contributed by atoms with E-state index >= 15 is 0 Å². The van der Waals surface area contributed by atoms with Crippen LogP contribution in [0.5, 0.6) is 0 Å². The van der Waals surface area contributed by atoms with Crippen LogP contribution in [0.1, 0.15) is 62.5 Å². The molecule has 0 bridgehead atoms. The molecule has 1 amide bonds. The van der Waals surface area contributed by atoms with Crippen molar-refractivity contribution < 1.29 is 9.69 Å². The molecule has 0 aliphatic rings. The van der Waals surface area contributed by atoms with Gasteiger partial charge in [0, 0.05) is 5.69 Å². The van der Waals surface area contributed by atoms with E-state index in [0.29, 0.717) is 18.4 Å². The van der Waals surface area contributed by atoms with Crippen molar-refractivity contribution in [2.75, 3.05) is 18.4 Å². The number of thiophene rings is 1. The summed E-state index contributed by atoms with van der Waals surface area (Å²) < 4.78 is 0. The van der Waals surface area contributed by atoms with E-state index in [-0.39, 0.29) is 5.91 Å². The second kappa shape index (κ2) is 9.16. The molecule has 1 aromatic heterocycles. The Kier molecular flexibility index (Phi) is 7.21. The monoisotopic (exact) mass is 359 g/mol. The van der Waals surface area contributed by atoms with E-state index in [4.69, 9.17) is 0 Å². The Morgan fingerprint density at radius 3 is 2.20 bits per heavy atom. The van der Waals surface area contributed by atoms with Crippen molar-refractivity contribution in [3.63, 3.8) is 0 Å². The van der Waals surface area contributed by atoms with Gasteiger partial charge in [-0.3, -0.25) is 4.79 Å². The van der Waals surface area contributed by atoms with Gasteiger partial charge >= 0.3 is 0 Å². The summed E-state index contributed by atoms with van der Waals surface area (Å²) in [7, 11) is 0. The fourth-order valence-electron chi connectivity index (χ4n) is 3.08. The van der Waals surface area contributed by atoms with E-state index in [1.54, 1.807) is 11.3 Å². The molecule has 1 unspecified atom stereocenters. The molecule has 4 heteroatoms. The second-order valence-electron chi connectivity index (χ2n) is 7.21. The number of nitrogens with one attached hydrogen (secondary N) is 2. The summed E-state index contributed by atoms with van der Waals surface area (Å²) in [5.41, 5.74) is 3.45. The third-order valence-corrected chi connectivity index (χ3v) is 5.43. The molecule has 0 spiro atoms. The van der Waals surface area contributed by atoms with Gasteiger partial charge in [0.1, 0.15) is 6.54 Å². The van der Waals surface area contributed by atoms with Crippen molar-refractivity contribution in [3.05, 3.63) is 51.7 Å². The summed E-state index contributed by atoms with van der Waals surface area (Å²) in [6.45, 7) is 13.2. The van der Waals surface area contributed by atoms with Gasteiger partial charge in [0.15, 0.2) is 6.54 Å². The smallest absolute Gasteiger partial charge is 0.279 e. The molecule has 1 atom stereocenters. The van der Waals surface area contributed by atoms with E-state index in [2.05, 4.69) is 75.6 Å². The first kappa shape index (κ1) is 19.7. The maximum Gasteiger partial charge on any atom is 0.279 e. The van der Waals surface area contributed by atoms with E-state index in [9.17, 15) is 4.79 Å². The van der Waals surface area contributed by atoms with Gasteiger partial charge in [0.05, 0.1) is 11.4 Å². The molecule has 0 aliphatic carbocycles. The fraction of sp³-hybridized carbons (Fsp3) is 0.476. The first-order chi connectivity index (χ1) is 11.9. The van der Waals surface area contributed by atoms with Crippen molar-refractivity contribution in [1.29, 1.82) is 0 Å². The Bertz CT molecular complexity index is 651. The second-order valence-corrected chi connectivity index (χ2v) is 8.24. The molecule has 3 nitrogen and oxygen atoms in total. The lowest BCUT2D eigenvalue weighted by Gasteiger charge is -2.21. The number of hydrogen-bond donors (Lipinski definition) is 2. The van der Waals surface area contributed by atoms with E-state index < -0.39 is 0 Å². The van der Waals surface area contributed by atoms with Crippen molar-refractivity contribution in [3.8, 4) is 0 Å². The molecular weight excluding hydrogens is 328 g/mol. The van der Waals surface area contributed by atoms with Crippen LogP contribution >= 0.6 is 11.3 Å². The van der Waals surface area contributed by atoms with Crippen molar-refractivity contribution in [2.45, 2.75) is 53.0 Å². The van der Waals surface area contributed by atoms with Crippen LogP contribution in [0.15, 0.2) is 35.7 Å². The summed E-state index contributed by atoms with van der Waals surface area (Å²) in [6.07, 6.45) is 0. The molecule has 0 fully saturated rings. The molecule has 2 rings (SSSR count). The molecule has 2 aromatic rings. The summed E-state index contributed by atoms with van der Waals surface area (Å²) >= 11 is 1.76. The predicted molar refractivity (Wildman–Crippen MR) is 108 cm³/mol. The van der Waals surface area contributed by atoms with Gasteiger partial charge in [0.2, 0.25) is 0 Å². The first-order valence-corrected chi connectivity index (χ1v) is 10.1. The van der Waals surface area contributed by atoms with Crippen LogP contribution in [0.4, 0.5) is 5.69 Å². The van der Waals surface area contributed by atoms with Crippen LogP contribution in [0.25, 0.3) is 0 Å². The molecule has 2 N–H and O–H groups in total. The zero-order chi connectivity index (χ0) is 18.4. The number of carbonyl (C=O) groups excluding carboxylic acids is 1. The maximum absolute atomic E-state index is 12.7. The van der Waals surface area contributed by atoms with Gasteiger partial charge in [-0.05, 0) is 41.3 Å². The minimum atomic E-state index is 0.100. The molecule has 25 heavy (non-hydrogen) atoms. The Balaban J connectivity index is 2.13. The van der Waals surface area contributed by atoms with Crippen LogP contribution in [-0.2, 0) is 11.3 Å². The number of amides is 1. The standard InChI is InChI=1S/C21H30N2OS/c1-6-23(13-17-9-8-12-25-17)14-20(24)22-21-18(15(2)3)10-7-11-19(21)16(4)5/h7-12,15-16H,6,13-14H2,1-5H3,(H,22,24)/p+1. The lowest BCUT2D eigenvalue weighted by molar-refractivity contribution is -0.903. The first-order valence-electron chi connectivity index (χ1n) is 9.20. The van der Waals surface area contributed by atoms with Crippen molar-refractivity contribution in [2.24, 2.45) is 0 Å². The average molecular weight is 360 g/mol. The third kappa shape index (κ3) is 5.41. The highest BCUT2D eigenvalue weighted by Gasteiger charge is 2.19. The minimum absolute atomic E-state index is 0.100. The van der Waals surface area contributed by atoms with Crippen molar-refractivity contribution in [1.82, 2.24) is 0 Å². The topological polar surface area (TPSA) is 33.5 Å². The van der Waals surface area contributed by atoms with E-state index in [1.165, 1.54) is 20.9 Å². The Morgan fingerprint density at radius 1 is 1.08 bits per heavy atom. The summed E-state index contributed by atoms with van der Waals surface area (Å²) in [5.74, 6) is 0.868. The Labute approximate surface area is 156 Å². The number of benzene rings is 1. The fourth-order valence-corrected chi connectivity index (χ4v) is 3.85. The van der Waals surface area contributed by atoms with Gasteiger partial charge in [-0.2, -0.15) is 0 Å². The molecule has 0 aliphatic heterocycles. The van der Waals surface area contributed by atoms with Gasteiger partial charge in [0.25, 0.3) is 5.91 Å². The van der Waals surface area contributed by atoms with Crippen LogP contribution in [0.2, 0.25) is 0 Å². The number of anilines is 1. The van der Waals surface area contributed by atoms with Crippen LogP contribution < -0.4 is 10.2 Å². The normalized spacial score (nSPS) is 12.6. The van der Waals surface area contributed by atoms with Gasteiger partial charge < -0.3 is 10.2 Å². The largest absolute Gasteiger partial charge is 0.323 e. The molecule has 0 saturated carbocycles. The highest BCUT2D eigenvalue weighted by atomic mass is 32.1. The maximum atomic E-state index is 12.7. The minimum Gasteiger partial charge on any atom is -0.323 e. The number of quaternary nitrogens is 1. The van der Waals surface area contributed by atoms with Gasteiger partial charge in [-0.1, -0.05) is 52.0 Å². The molecule has 136 valence electrons. The third-order valence-electron chi connectivity index (χ3n) is 4.55. The quantitative estimate of drug-likeness (QED) is 0.733. The van der Waals surface area contributed by atoms with Gasteiger partial charge in [-0.15, -0.1) is 11.3 Å². The zero-order valence-corrected chi connectivity index (χ0v) is 16.9. The number of para-hydroxylation sites is 1. The number of hydrogen-bond acceptors (Lipinski definition) is 2. The lowest BCUT2D eigenvalue weighted by Crippen LogP contribution is -3.11. The van der Waals surface area contributed by atoms with Crippen LogP contribution in [-0.4, -0.2) is 19.0 Å². The molecule has 0 saturated heterocycles. The molecule has 1 aromatic carbocycles. The Hall–Kier alpha value is -1.65. The van der Waals surface area contributed by atoms with Crippen LogP contribution in [0.3, 0.4) is 0 Å². The van der Waals surface area contributed by atoms with Crippen LogP contribution in [0, 0.1) is 0 Å². The average Bonchev–Trinajstić information content (AvgIpc) is 3.06. The van der Waals surface area contributed by atoms with Gasteiger partial charge in [-0.25, -0.2) is 0 Å². The number of rotatable bonds is 8. The summed E-state index contributed by atoms with van der Waals surface area (Å²) in [6, 6.07) is 10.6. The highest BCUT2D eigenvalue weighted by molar-refractivity contribution is 7.09. The molecular formula is C21H31N2OS+. The molecule has 0 radical (unpaired) electrons. The van der Waals surface area contributed by atoms with E-state index in [0.717, 1.165) is 18.8 Å². The van der Waals surface area contributed by atoms with Crippen molar-refractivity contribution >= 4 is 22.9 Å². The highest BCUT2D eigenvalue weighted by Crippen LogP contribution is 2.32. The predicted octanol–water partition coefficient (Wildman–Crippen LogP) is 4.04. The summed E-state index contributed by atoms with van der Waals surface area (Å²) in [5, 5.41) is 5.32.